The van der Waals surface area contributed by atoms with Crippen LogP contribution in [-0.2, 0) is 14.3 Å². The number of fused-ring (bicyclic) bond motifs is 5. The molecule has 0 spiro atoms. The zero-order valence-corrected chi connectivity index (χ0v) is 16.5. The Balaban J connectivity index is 1.54. The maximum Gasteiger partial charge on any atom is 0.307 e. The molecule has 1 N–H and O–H groups in total. The number of ether oxygens (including phenoxy) is 1. The van der Waals surface area contributed by atoms with Gasteiger partial charge in [0, 0.05) is 6.92 Å². The third kappa shape index (κ3) is 2.62. The number of hydrogen-bond acceptors (Lipinski definition) is 3. The lowest BCUT2D eigenvalue weighted by atomic mass is 9.44. The number of carbonyl (C=O) groups is 2. The fourth-order valence-electron chi connectivity index (χ4n) is 7.97. The molecule has 6 unspecified atom stereocenters. The minimum Gasteiger partial charge on any atom is -0.481 e. The van der Waals surface area contributed by atoms with E-state index >= 15 is 0 Å². The third-order valence-electron chi connectivity index (χ3n) is 9.25. The highest BCUT2D eigenvalue weighted by atomic mass is 16.5. The molecule has 4 fully saturated rings. The molecular weight excluding hydrogens is 328 g/mol. The van der Waals surface area contributed by atoms with E-state index in [1.54, 1.807) is 0 Å². The monoisotopic (exact) mass is 362 g/mol. The number of aliphatic carboxylic acids is 1. The molecule has 4 rings (SSSR count). The largest absolute Gasteiger partial charge is 0.481 e. The van der Waals surface area contributed by atoms with Crippen LogP contribution in [-0.4, -0.2) is 23.1 Å². The van der Waals surface area contributed by atoms with Crippen molar-refractivity contribution in [2.75, 3.05) is 0 Å². The third-order valence-corrected chi connectivity index (χ3v) is 9.25. The summed E-state index contributed by atoms with van der Waals surface area (Å²) in [5.41, 5.74) is 0.355. The normalized spacial score (nSPS) is 50.3. The smallest absolute Gasteiger partial charge is 0.307 e. The predicted molar refractivity (Wildman–Crippen MR) is 98.4 cm³/mol. The van der Waals surface area contributed by atoms with Crippen LogP contribution < -0.4 is 0 Å². The van der Waals surface area contributed by atoms with Gasteiger partial charge in [-0.15, -0.1) is 0 Å². The fourth-order valence-corrected chi connectivity index (χ4v) is 7.97. The highest BCUT2D eigenvalue weighted by Gasteiger charge is 2.61. The predicted octanol–water partition coefficient (Wildman–Crippen LogP) is 4.66. The van der Waals surface area contributed by atoms with Crippen LogP contribution in [0.3, 0.4) is 0 Å². The average Bonchev–Trinajstić information content (AvgIpc) is 2.92. The molecule has 0 aromatic carbocycles. The molecule has 0 aromatic rings. The van der Waals surface area contributed by atoms with E-state index in [4.69, 9.17) is 4.74 Å². The standard InChI is InChI=1S/C22H34O4/c1-13(23)26-15-8-10-21(2)14(12-15)4-5-16-17-6-7-19(20(24)25)22(17,3)11-9-18(16)21/h14-19H,4-12H2,1-3H3,(H,24,25)/t14-,15-,16?,17?,18?,19?,21?,22?/m0/s1. The number of hydrogen-bond donors (Lipinski definition) is 1. The van der Waals surface area contributed by atoms with Crippen molar-refractivity contribution in [1.29, 1.82) is 0 Å². The van der Waals surface area contributed by atoms with E-state index in [9.17, 15) is 14.7 Å². The van der Waals surface area contributed by atoms with Crippen LogP contribution in [0.1, 0.15) is 78.6 Å². The van der Waals surface area contributed by atoms with Gasteiger partial charge in [0.15, 0.2) is 0 Å². The van der Waals surface area contributed by atoms with E-state index in [2.05, 4.69) is 13.8 Å². The molecule has 8 atom stereocenters. The summed E-state index contributed by atoms with van der Waals surface area (Å²) in [5, 5.41) is 9.71. The molecule has 0 radical (unpaired) electrons. The van der Waals surface area contributed by atoms with Crippen LogP contribution in [0.5, 0.6) is 0 Å². The highest BCUT2D eigenvalue weighted by Crippen LogP contribution is 2.67. The quantitative estimate of drug-likeness (QED) is 0.726. The lowest BCUT2D eigenvalue weighted by Crippen LogP contribution is -2.54. The van der Waals surface area contributed by atoms with Gasteiger partial charge in [-0.3, -0.25) is 9.59 Å². The van der Waals surface area contributed by atoms with Gasteiger partial charge in [-0.2, -0.15) is 0 Å². The molecule has 0 aromatic heterocycles. The van der Waals surface area contributed by atoms with Crippen LogP contribution >= 0.6 is 0 Å². The van der Waals surface area contributed by atoms with Gasteiger partial charge in [-0.05, 0) is 92.3 Å². The molecule has 146 valence electrons. The number of carboxylic acids is 1. The van der Waals surface area contributed by atoms with Crippen molar-refractivity contribution < 1.29 is 19.4 Å². The number of esters is 1. The number of rotatable bonds is 2. The van der Waals surface area contributed by atoms with Crippen LogP contribution in [0.15, 0.2) is 0 Å². The van der Waals surface area contributed by atoms with Gasteiger partial charge in [0.05, 0.1) is 5.92 Å². The van der Waals surface area contributed by atoms with Crippen LogP contribution in [0.25, 0.3) is 0 Å². The minimum absolute atomic E-state index is 0.00510. The summed E-state index contributed by atoms with van der Waals surface area (Å²) in [5.74, 6) is 1.81. The van der Waals surface area contributed by atoms with Crippen molar-refractivity contribution in [3.63, 3.8) is 0 Å². The SMILES string of the molecule is CC(=O)O[C@H]1CCC2(C)C3CCC4(C)C(C(=O)O)CCC4C3CC[C@H]2C1. The summed E-state index contributed by atoms with van der Waals surface area (Å²) in [6.45, 7) is 6.28. The van der Waals surface area contributed by atoms with E-state index in [0.717, 1.165) is 44.4 Å². The second-order valence-electron chi connectivity index (χ2n) is 10.2. The lowest BCUT2D eigenvalue weighted by molar-refractivity contribution is -0.163. The first kappa shape index (κ1) is 18.3. The van der Waals surface area contributed by atoms with E-state index in [1.807, 2.05) is 0 Å². The maximum atomic E-state index is 11.8. The van der Waals surface area contributed by atoms with Crippen molar-refractivity contribution in [2.24, 2.45) is 40.4 Å². The summed E-state index contributed by atoms with van der Waals surface area (Å²) in [6.07, 6.45) is 9.98. The molecule has 0 aliphatic heterocycles. The summed E-state index contributed by atoms with van der Waals surface area (Å²) < 4.78 is 5.54. The van der Waals surface area contributed by atoms with Gasteiger partial charge < -0.3 is 9.84 Å². The van der Waals surface area contributed by atoms with E-state index in [0.29, 0.717) is 23.2 Å². The summed E-state index contributed by atoms with van der Waals surface area (Å²) >= 11 is 0. The Morgan fingerprint density at radius 1 is 0.923 bits per heavy atom. The Kier molecular flexibility index (Phi) is 4.39. The molecule has 4 saturated carbocycles. The van der Waals surface area contributed by atoms with Crippen molar-refractivity contribution in [3.05, 3.63) is 0 Å². The molecule has 4 heteroatoms. The maximum absolute atomic E-state index is 11.8. The van der Waals surface area contributed by atoms with Crippen LogP contribution in [0.4, 0.5) is 0 Å². The highest BCUT2D eigenvalue weighted by molar-refractivity contribution is 5.71. The Labute approximate surface area is 157 Å². The van der Waals surface area contributed by atoms with Gasteiger partial charge >= 0.3 is 11.9 Å². The van der Waals surface area contributed by atoms with Crippen LogP contribution in [0, 0.1) is 40.4 Å². The lowest BCUT2D eigenvalue weighted by Gasteiger charge is -2.60. The zero-order valence-electron chi connectivity index (χ0n) is 16.5. The van der Waals surface area contributed by atoms with Crippen molar-refractivity contribution in [3.8, 4) is 0 Å². The van der Waals surface area contributed by atoms with E-state index in [1.165, 1.54) is 26.2 Å². The van der Waals surface area contributed by atoms with Crippen molar-refractivity contribution >= 4 is 11.9 Å². The molecule has 4 aliphatic carbocycles. The van der Waals surface area contributed by atoms with Gasteiger partial charge in [-0.25, -0.2) is 0 Å². The van der Waals surface area contributed by atoms with Gasteiger partial charge in [0.25, 0.3) is 0 Å². The number of carbonyl (C=O) groups excluding carboxylic acids is 1. The first-order valence-corrected chi connectivity index (χ1v) is 10.7. The zero-order chi connectivity index (χ0) is 18.7. The molecule has 0 amide bonds. The summed E-state index contributed by atoms with van der Waals surface area (Å²) in [7, 11) is 0. The molecule has 26 heavy (non-hydrogen) atoms. The topological polar surface area (TPSA) is 63.6 Å². The average molecular weight is 363 g/mol. The molecule has 0 bridgehead atoms. The molecule has 0 heterocycles. The second kappa shape index (κ2) is 6.24. The Morgan fingerprint density at radius 3 is 2.31 bits per heavy atom. The first-order valence-electron chi connectivity index (χ1n) is 10.7. The van der Waals surface area contributed by atoms with Crippen molar-refractivity contribution in [1.82, 2.24) is 0 Å². The molecule has 4 aliphatic rings. The molecular formula is C22H34O4. The molecule has 4 nitrogen and oxygen atoms in total. The summed E-state index contributed by atoms with van der Waals surface area (Å²) in [4.78, 5) is 23.2. The summed E-state index contributed by atoms with van der Waals surface area (Å²) in [6, 6.07) is 0. The van der Waals surface area contributed by atoms with Gasteiger partial charge in [-0.1, -0.05) is 13.8 Å². The van der Waals surface area contributed by atoms with Crippen LogP contribution in [0.2, 0.25) is 0 Å². The number of carboxylic acid groups (broad SMARTS) is 1. The Bertz CT molecular complexity index is 601. The second-order valence-corrected chi connectivity index (χ2v) is 10.2. The van der Waals surface area contributed by atoms with E-state index < -0.39 is 5.97 Å². The minimum atomic E-state index is -0.574. The first-order chi connectivity index (χ1) is 12.3. The van der Waals surface area contributed by atoms with Gasteiger partial charge in [0.1, 0.15) is 6.10 Å². The molecule has 0 saturated heterocycles. The van der Waals surface area contributed by atoms with E-state index in [-0.39, 0.29) is 23.4 Å². The van der Waals surface area contributed by atoms with Crippen molar-refractivity contribution in [2.45, 2.75) is 84.7 Å². The Morgan fingerprint density at radius 2 is 1.62 bits per heavy atom. The van der Waals surface area contributed by atoms with Gasteiger partial charge in [0.2, 0.25) is 0 Å². The fraction of sp³-hybridized carbons (Fsp3) is 0.909. The Hall–Kier alpha value is -1.06.